The Hall–Kier alpha value is -8.54. The third-order valence-corrected chi connectivity index (χ3v) is 10.5. The largest absolute Gasteiger partial charge is 0.416 e. The molecule has 0 saturated carbocycles. The van der Waals surface area contributed by atoms with Crippen molar-refractivity contribution >= 4 is 0 Å². The van der Waals surface area contributed by atoms with E-state index in [4.69, 9.17) is 17.7 Å². The molecular weight excluding hydrogens is 855 g/mol. The molecule has 0 aliphatic carbocycles. The topological polar surface area (TPSA) is 156 Å². The molecule has 0 aliphatic heterocycles. The lowest BCUT2D eigenvalue weighted by Crippen LogP contribution is -2.54. The van der Waals surface area contributed by atoms with Gasteiger partial charge < -0.3 is 17.7 Å². The first-order valence-electron chi connectivity index (χ1n) is 19.5. The van der Waals surface area contributed by atoms with Crippen LogP contribution >= 0.6 is 0 Å². The second-order valence-corrected chi connectivity index (χ2v) is 14.4. The van der Waals surface area contributed by atoms with E-state index in [1.165, 1.54) is 0 Å². The first kappa shape index (κ1) is 40.5. The third-order valence-electron chi connectivity index (χ3n) is 10.5. The molecule has 6 aromatic carbocycles. The van der Waals surface area contributed by atoms with Gasteiger partial charge in [-0.2, -0.15) is 26.3 Å². The molecule has 12 nitrogen and oxygen atoms in total. The maximum Gasteiger partial charge on any atom is 0.411 e. The predicted octanol–water partition coefficient (Wildman–Crippen LogP) is 12.0. The number of hydrogen-bond acceptors (Lipinski definition) is 12. The van der Waals surface area contributed by atoms with Gasteiger partial charge in [0.05, 0.1) is 22.3 Å². The number of aromatic nitrogens is 8. The minimum Gasteiger partial charge on any atom is -0.416 e. The quantitative estimate of drug-likeness (QED) is 0.120. The maximum atomic E-state index is 16.1. The van der Waals surface area contributed by atoms with Crippen molar-refractivity contribution in [3.8, 4) is 91.6 Å². The molecule has 0 spiro atoms. The molecule has 10 aromatic rings. The summed E-state index contributed by atoms with van der Waals surface area (Å²) in [4.78, 5) is 0. The molecule has 0 bridgehead atoms. The molecule has 4 aromatic heterocycles. The van der Waals surface area contributed by atoms with Crippen LogP contribution in [-0.2, 0) is 5.41 Å². The maximum absolute atomic E-state index is 16.1. The zero-order chi connectivity index (χ0) is 44.8. The second kappa shape index (κ2) is 16.0. The standard InChI is InChI=1S/C47H26F6N8O4/c48-46(49,50)45(47(51,52)53,31-21-23-33(41-58-54-37(62-41)27-13-5-1-6-14-27)35(25-31)43-60-56-39(64-43)29-17-9-3-10-18-29)32-22-24-34(42-59-55-38(63-42)28-15-7-2-8-16-28)36(26-32)44-61-57-40(65-44)30-19-11-4-12-20-30/h1-26H. The van der Waals surface area contributed by atoms with Crippen molar-refractivity contribution in [1.29, 1.82) is 0 Å². The number of halogens is 6. The minimum absolute atomic E-state index is 0.0345. The number of rotatable bonds is 10. The normalized spacial score (nSPS) is 12.2. The van der Waals surface area contributed by atoms with Gasteiger partial charge in [0, 0.05) is 22.3 Å². The van der Waals surface area contributed by atoms with Crippen LogP contribution in [-0.4, -0.2) is 53.1 Å². The highest BCUT2D eigenvalue weighted by Gasteiger charge is 2.72. The zero-order valence-corrected chi connectivity index (χ0v) is 33.0. The van der Waals surface area contributed by atoms with Crippen LogP contribution in [0, 0.1) is 0 Å². The van der Waals surface area contributed by atoms with Gasteiger partial charge in [-0.1, -0.05) is 84.9 Å². The Morgan fingerprint density at radius 3 is 0.785 bits per heavy atom. The number of alkyl halides is 6. The Morgan fingerprint density at radius 1 is 0.277 bits per heavy atom. The first-order valence-corrected chi connectivity index (χ1v) is 19.5. The molecule has 0 radical (unpaired) electrons. The summed E-state index contributed by atoms with van der Waals surface area (Å²) in [6.07, 6.45) is -12.1. The SMILES string of the molecule is FC(F)(F)C(c1ccc(-c2nnc(-c3ccccc3)o2)c(-c2nnc(-c3ccccc3)o2)c1)(c1ccc(-c2nnc(-c3ccccc3)o2)c(-c2nnc(-c3ccccc3)o2)c1)C(F)(F)F. The Kier molecular flexibility index (Phi) is 9.96. The summed E-state index contributed by atoms with van der Waals surface area (Å²) in [5.74, 6) is -1.41. The number of hydrogen-bond donors (Lipinski definition) is 0. The fourth-order valence-corrected chi connectivity index (χ4v) is 7.38. The van der Waals surface area contributed by atoms with E-state index in [2.05, 4.69) is 40.8 Å². The summed E-state index contributed by atoms with van der Waals surface area (Å²) in [5.41, 5.74) is -6.28. The summed E-state index contributed by atoms with van der Waals surface area (Å²) in [6.45, 7) is 0. The Balaban J connectivity index is 1.19. The van der Waals surface area contributed by atoms with E-state index < -0.39 is 40.7 Å². The monoisotopic (exact) mass is 880 g/mol. The Morgan fingerprint density at radius 2 is 0.523 bits per heavy atom. The highest BCUT2D eigenvalue weighted by atomic mass is 19.4. The van der Waals surface area contributed by atoms with Gasteiger partial charge >= 0.3 is 12.4 Å². The molecular formula is C47H26F6N8O4. The summed E-state index contributed by atoms with van der Waals surface area (Å²) < 4.78 is 120. The van der Waals surface area contributed by atoms with Gasteiger partial charge in [0.25, 0.3) is 0 Å². The van der Waals surface area contributed by atoms with Crippen LogP contribution in [0.5, 0.6) is 0 Å². The lowest BCUT2D eigenvalue weighted by molar-refractivity contribution is -0.288. The molecule has 18 heteroatoms. The van der Waals surface area contributed by atoms with E-state index in [0.717, 1.165) is 12.1 Å². The smallest absolute Gasteiger partial charge is 0.411 e. The molecule has 0 N–H and O–H groups in total. The van der Waals surface area contributed by atoms with Crippen molar-refractivity contribution in [2.75, 3.05) is 0 Å². The molecule has 320 valence electrons. The van der Waals surface area contributed by atoms with Crippen molar-refractivity contribution in [2.24, 2.45) is 0 Å². The average molecular weight is 881 g/mol. The van der Waals surface area contributed by atoms with Crippen LogP contribution in [0.2, 0.25) is 0 Å². The lowest BCUT2D eigenvalue weighted by Gasteiger charge is -2.38. The van der Waals surface area contributed by atoms with E-state index >= 15 is 26.3 Å². The number of benzene rings is 6. The van der Waals surface area contributed by atoms with Crippen LogP contribution in [0.1, 0.15) is 11.1 Å². The predicted molar refractivity (Wildman–Crippen MR) is 221 cm³/mol. The van der Waals surface area contributed by atoms with Crippen LogP contribution in [0.3, 0.4) is 0 Å². The minimum atomic E-state index is -6.06. The van der Waals surface area contributed by atoms with Crippen LogP contribution in [0.15, 0.2) is 175 Å². The van der Waals surface area contributed by atoms with Crippen molar-refractivity contribution in [1.82, 2.24) is 40.8 Å². The van der Waals surface area contributed by atoms with E-state index in [-0.39, 0.29) is 57.6 Å². The molecule has 0 saturated heterocycles. The van der Waals surface area contributed by atoms with Gasteiger partial charge in [-0.15, -0.1) is 40.8 Å². The van der Waals surface area contributed by atoms with Crippen LogP contribution < -0.4 is 0 Å². The fourth-order valence-electron chi connectivity index (χ4n) is 7.38. The Bertz CT molecular complexity index is 3040. The molecule has 0 amide bonds. The van der Waals surface area contributed by atoms with Gasteiger partial charge in [-0.3, -0.25) is 0 Å². The van der Waals surface area contributed by atoms with Crippen molar-refractivity contribution in [3.05, 3.63) is 169 Å². The van der Waals surface area contributed by atoms with Gasteiger partial charge in [0.2, 0.25) is 52.5 Å². The second-order valence-electron chi connectivity index (χ2n) is 14.4. The molecule has 0 aliphatic rings. The molecule has 0 unspecified atom stereocenters. The molecule has 10 rings (SSSR count). The van der Waals surface area contributed by atoms with Crippen LogP contribution in [0.4, 0.5) is 26.3 Å². The Labute approximate surface area is 362 Å². The van der Waals surface area contributed by atoms with E-state index in [1.54, 1.807) is 121 Å². The van der Waals surface area contributed by atoms with Crippen molar-refractivity contribution < 1.29 is 44.0 Å². The van der Waals surface area contributed by atoms with Crippen LogP contribution in [0.25, 0.3) is 91.6 Å². The van der Waals surface area contributed by atoms with E-state index in [0.29, 0.717) is 46.5 Å². The summed E-state index contributed by atoms with van der Waals surface area (Å²) in [5, 5.41) is 32.6. The highest BCUT2D eigenvalue weighted by molar-refractivity contribution is 5.80. The summed E-state index contributed by atoms with van der Waals surface area (Å²) >= 11 is 0. The van der Waals surface area contributed by atoms with Crippen molar-refractivity contribution in [3.63, 3.8) is 0 Å². The molecule has 0 fully saturated rings. The highest BCUT2D eigenvalue weighted by Crippen LogP contribution is 2.58. The number of nitrogens with zero attached hydrogens (tertiary/aromatic N) is 8. The van der Waals surface area contributed by atoms with E-state index in [9.17, 15) is 0 Å². The molecule has 65 heavy (non-hydrogen) atoms. The molecule has 0 atom stereocenters. The molecule has 4 heterocycles. The third kappa shape index (κ3) is 7.29. The average Bonchev–Trinajstić information content (AvgIpc) is 4.18. The zero-order valence-electron chi connectivity index (χ0n) is 33.0. The summed E-state index contributed by atoms with van der Waals surface area (Å²) in [7, 11) is 0. The first-order chi connectivity index (χ1) is 31.5. The van der Waals surface area contributed by atoms with Gasteiger partial charge in [-0.05, 0) is 83.9 Å². The van der Waals surface area contributed by atoms with Crippen molar-refractivity contribution in [2.45, 2.75) is 17.8 Å². The van der Waals surface area contributed by atoms with Gasteiger partial charge in [0.15, 0.2) is 0 Å². The lowest BCUT2D eigenvalue weighted by atomic mass is 9.71. The van der Waals surface area contributed by atoms with Gasteiger partial charge in [0.1, 0.15) is 0 Å². The summed E-state index contributed by atoms with van der Waals surface area (Å²) in [6, 6.07) is 38.7. The van der Waals surface area contributed by atoms with Gasteiger partial charge in [-0.25, -0.2) is 0 Å². The fraction of sp³-hybridized carbons (Fsp3) is 0.0638. The van der Waals surface area contributed by atoms with E-state index in [1.807, 2.05) is 0 Å².